The van der Waals surface area contributed by atoms with Crippen LogP contribution < -0.4 is 14.8 Å². The van der Waals surface area contributed by atoms with E-state index in [0.717, 1.165) is 23.6 Å². The molecule has 1 aliphatic heterocycles. The molecule has 0 saturated heterocycles. The number of nitrogens with one attached hydrogen (secondary N) is 1. The first-order valence-corrected chi connectivity index (χ1v) is 7.12. The van der Waals surface area contributed by atoms with Gasteiger partial charge in [0, 0.05) is 18.0 Å². The van der Waals surface area contributed by atoms with Crippen LogP contribution in [0.1, 0.15) is 24.4 Å². The van der Waals surface area contributed by atoms with Gasteiger partial charge in [-0.15, -0.1) is 10.2 Å². The number of hydrogen-bond donors (Lipinski definition) is 1. The van der Waals surface area contributed by atoms with Crippen molar-refractivity contribution < 1.29 is 9.47 Å². The smallest absolute Gasteiger partial charge is 0.176 e. The number of benzene rings is 1. The Hall–Kier alpha value is -2.15. The van der Waals surface area contributed by atoms with Gasteiger partial charge in [0.25, 0.3) is 0 Å². The summed E-state index contributed by atoms with van der Waals surface area (Å²) in [4.78, 5) is 1.47. The van der Waals surface area contributed by atoms with Crippen molar-refractivity contribution in [3.63, 3.8) is 0 Å². The first kappa shape index (κ1) is 13.8. The van der Waals surface area contributed by atoms with E-state index in [-0.39, 0.29) is 6.04 Å². The molecule has 0 saturated carbocycles. The second-order valence-electron chi connectivity index (χ2n) is 4.88. The molecule has 7 nitrogen and oxygen atoms in total. The third-order valence-electron chi connectivity index (χ3n) is 3.36. The van der Waals surface area contributed by atoms with Gasteiger partial charge in [0.05, 0.1) is 7.05 Å². The molecule has 21 heavy (non-hydrogen) atoms. The van der Waals surface area contributed by atoms with Crippen LogP contribution in [-0.2, 0) is 13.5 Å². The molecule has 0 fully saturated rings. The Balaban J connectivity index is 1.90. The zero-order chi connectivity index (χ0) is 14.7. The highest BCUT2D eigenvalue weighted by molar-refractivity contribution is 5.49. The van der Waals surface area contributed by atoms with E-state index in [1.54, 1.807) is 7.05 Å². The zero-order valence-corrected chi connectivity index (χ0v) is 12.2. The maximum absolute atomic E-state index is 5.80. The SMILES string of the molecule is CCNC(Cc1nnn(C)n1)c1cccc2c1OCCO2. The van der Waals surface area contributed by atoms with E-state index >= 15 is 0 Å². The second-order valence-corrected chi connectivity index (χ2v) is 4.88. The van der Waals surface area contributed by atoms with Gasteiger partial charge in [-0.1, -0.05) is 19.1 Å². The lowest BCUT2D eigenvalue weighted by Crippen LogP contribution is -2.26. The molecule has 7 heteroatoms. The third-order valence-corrected chi connectivity index (χ3v) is 3.36. The fourth-order valence-corrected chi connectivity index (χ4v) is 2.50. The monoisotopic (exact) mass is 289 g/mol. The first-order valence-electron chi connectivity index (χ1n) is 7.12. The standard InChI is InChI=1S/C14H19N5O2/c1-3-15-11(9-13-16-18-19(2)17-13)10-5-4-6-12-14(10)21-8-7-20-12/h4-6,11,15H,3,7-9H2,1-2H3. The maximum atomic E-state index is 5.80. The molecule has 0 spiro atoms. The molecule has 1 aromatic heterocycles. The summed E-state index contributed by atoms with van der Waals surface area (Å²) >= 11 is 0. The second kappa shape index (κ2) is 6.09. The topological polar surface area (TPSA) is 74.1 Å². The van der Waals surface area contributed by atoms with Crippen LogP contribution in [0.3, 0.4) is 0 Å². The number of hydrogen-bond acceptors (Lipinski definition) is 6. The summed E-state index contributed by atoms with van der Waals surface area (Å²) in [5, 5.41) is 15.7. The van der Waals surface area contributed by atoms with E-state index < -0.39 is 0 Å². The average molecular weight is 289 g/mol. The lowest BCUT2D eigenvalue weighted by molar-refractivity contribution is 0.168. The first-order chi connectivity index (χ1) is 10.3. The number of likely N-dealkylation sites (N-methyl/N-ethyl adjacent to an activating group) is 1. The molecular weight excluding hydrogens is 270 g/mol. The van der Waals surface area contributed by atoms with Gasteiger partial charge in [-0.2, -0.15) is 4.80 Å². The lowest BCUT2D eigenvalue weighted by atomic mass is 10.0. The Kier molecular flexibility index (Phi) is 4.01. The number of fused-ring (bicyclic) bond motifs is 1. The van der Waals surface area contributed by atoms with Gasteiger partial charge in [0.1, 0.15) is 13.2 Å². The van der Waals surface area contributed by atoms with Crippen molar-refractivity contribution in [1.29, 1.82) is 0 Å². The van der Waals surface area contributed by atoms with Gasteiger partial charge in [0.15, 0.2) is 17.3 Å². The van der Waals surface area contributed by atoms with Crippen LogP contribution >= 0.6 is 0 Å². The Morgan fingerprint density at radius 2 is 2.19 bits per heavy atom. The fourth-order valence-electron chi connectivity index (χ4n) is 2.50. The number of rotatable bonds is 5. The van der Waals surface area contributed by atoms with Crippen LogP contribution in [0.5, 0.6) is 11.5 Å². The van der Waals surface area contributed by atoms with E-state index in [2.05, 4.69) is 33.7 Å². The van der Waals surface area contributed by atoms with E-state index in [0.29, 0.717) is 25.5 Å². The van der Waals surface area contributed by atoms with Gasteiger partial charge < -0.3 is 14.8 Å². The molecule has 1 unspecified atom stereocenters. The lowest BCUT2D eigenvalue weighted by Gasteiger charge is -2.25. The summed E-state index contributed by atoms with van der Waals surface area (Å²) < 4.78 is 11.4. The average Bonchev–Trinajstić information content (AvgIpc) is 2.91. The molecule has 3 rings (SSSR count). The summed E-state index contributed by atoms with van der Waals surface area (Å²) in [7, 11) is 1.76. The van der Waals surface area contributed by atoms with Gasteiger partial charge in [-0.3, -0.25) is 0 Å². The van der Waals surface area contributed by atoms with Crippen molar-refractivity contribution >= 4 is 0 Å². The van der Waals surface area contributed by atoms with Crippen LogP contribution in [0.25, 0.3) is 0 Å². The largest absolute Gasteiger partial charge is 0.486 e. The van der Waals surface area contributed by atoms with Crippen LogP contribution in [0.4, 0.5) is 0 Å². The molecular formula is C14H19N5O2. The molecule has 1 aliphatic rings. The van der Waals surface area contributed by atoms with Gasteiger partial charge >= 0.3 is 0 Å². The summed E-state index contributed by atoms with van der Waals surface area (Å²) in [6.45, 7) is 4.08. The fraction of sp³-hybridized carbons (Fsp3) is 0.500. The molecule has 0 amide bonds. The van der Waals surface area contributed by atoms with E-state index in [1.807, 2.05) is 12.1 Å². The van der Waals surface area contributed by atoms with Crippen LogP contribution in [0, 0.1) is 0 Å². The molecule has 1 atom stereocenters. The van der Waals surface area contributed by atoms with Crippen molar-refractivity contribution in [1.82, 2.24) is 25.5 Å². The third kappa shape index (κ3) is 2.97. The number of nitrogens with zero attached hydrogens (tertiary/aromatic N) is 4. The highest BCUT2D eigenvalue weighted by atomic mass is 16.6. The van der Waals surface area contributed by atoms with Crippen molar-refractivity contribution in [2.24, 2.45) is 7.05 Å². The minimum absolute atomic E-state index is 0.0656. The van der Waals surface area contributed by atoms with Gasteiger partial charge in [-0.25, -0.2) is 0 Å². The molecule has 0 radical (unpaired) electrons. The van der Waals surface area contributed by atoms with Gasteiger partial charge in [-0.05, 0) is 17.8 Å². The minimum Gasteiger partial charge on any atom is -0.486 e. The Morgan fingerprint density at radius 1 is 1.33 bits per heavy atom. The van der Waals surface area contributed by atoms with E-state index in [4.69, 9.17) is 9.47 Å². The highest BCUT2D eigenvalue weighted by Gasteiger charge is 2.23. The molecule has 2 heterocycles. The predicted octanol–water partition coefficient (Wildman–Crippen LogP) is 0.875. The highest BCUT2D eigenvalue weighted by Crippen LogP contribution is 2.37. The number of aryl methyl sites for hydroxylation is 1. The Morgan fingerprint density at radius 3 is 2.95 bits per heavy atom. The van der Waals surface area contributed by atoms with E-state index in [1.165, 1.54) is 4.80 Å². The van der Waals surface area contributed by atoms with E-state index in [9.17, 15) is 0 Å². The Bertz CT molecular complexity index is 613. The summed E-state index contributed by atoms with van der Waals surface area (Å²) in [6.07, 6.45) is 0.654. The molecule has 1 aromatic carbocycles. The summed E-state index contributed by atoms with van der Waals surface area (Å²) in [6, 6.07) is 6.03. The number of para-hydroxylation sites is 1. The number of ether oxygens (including phenoxy) is 2. The maximum Gasteiger partial charge on any atom is 0.176 e. The molecule has 0 bridgehead atoms. The molecule has 2 aromatic rings. The Labute approximate surface area is 123 Å². The predicted molar refractivity (Wildman–Crippen MR) is 76.4 cm³/mol. The van der Waals surface area contributed by atoms with Crippen LogP contribution in [-0.4, -0.2) is 40.0 Å². The quantitative estimate of drug-likeness (QED) is 0.880. The van der Waals surface area contributed by atoms with Crippen molar-refractivity contribution in [2.45, 2.75) is 19.4 Å². The van der Waals surface area contributed by atoms with Crippen molar-refractivity contribution in [3.05, 3.63) is 29.6 Å². The van der Waals surface area contributed by atoms with Crippen LogP contribution in [0.15, 0.2) is 18.2 Å². The molecule has 1 N–H and O–H groups in total. The van der Waals surface area contributed by atoms with Crippen molar-refractivity contribution in [3.8, 4) is 11.5 Å². The zero-order valence-electron chi connectivity index (χ0n) is 12.2. The number of aromatic nitrogens is 4. The van der Waals surface area contributed by atoms with Crippen LogP contribution in [0.2, 0.25) is 0 Å². The normalized spacial score (nSPS) is 15.0. The van der Waals surface area contributed by atoms with Gasteiger partial charge in [0.2, 0.25) is 0 Å². The van der Waals surface area contributed by atoms with Crippen molar-refractivity contribution in [2.75, 3.05) is 19.8 Å². The summed E-state index contributed by atoms with van der Waals surface area (Å²) in [5.41, 5.74) is 1.07. The molecule has 112 valence electrons. The number of tetrazole rings is 1. The molecule has 0 aliphatic carbocycles. The minimum atomic E-state index is 0.0656. The summed E-state index contributed by atoms with van der Waals surface area (Å²) in [5.74, 6) is 2.32.